The van der Waals surface area contributed by atoms with Gasteiger partial charge in [0.25, 0.3) is 11.1 Å². The van der Waals surface area contributed by atoms with E-state index in [9.17, 15) is 18.0 Å². The number of hydrogen-bond donors (Lipinski definition) is 2. The molecule has 160 valence electrons. The molecule has 1 aliphatic heterocycles. The second kappa shape index (κ2) is 7.95. The first-order valence-corrected chi connectivity index (χ1v) is 11.7. The summed E-state index contributed by atoms with van der Waals surface area (Å²) in [6.45, 7) is 5.26. The highest BCUT2D eigenvalue weighted by atomic mass is 32.2. The number of furan rings is 1. The van der Waals surface area contributed by atoms with Crippen molar-refractivity contribution in [2.75, 3.05) is 0 Å². The van der Waals surface area contributed by atoms with Crippen LogP contribution in [0.5, 0.6) is 0 Å². The zero-order valence-electron chi connectivity index (χ0n) is 16.9. The molecule has 2 N–H and O–H groups in total. The number of imide groups is 1. The summed E-state index contributed by atoms with van der Waals surface area (Å²) in [5, 5.41) is 2.50. The van der Waals surface area contributed by atoms with Gasteiger partial charge in [0.2, 0.25) is 10.0 Å². The molecule has 0 spiro atoms. The van der Waals surface area contributed by atoms with E-state index in [0.717, 1.165) is 22.7 Å². The number of amides is 2. The molecule has 1 aliphatic rings. The fourth-order valence-corrected chi connectivity index (χ4v) is 5.44. The number of aromatic nitrogens is 1. The fourth-order valence-electron chi connectivity index (χ4n) is 3.30. The Bertz CT molecular complexity index is 1360. The van der Waals surface area contributed by atoms with E-state index in [1.807, 2.05) is 0 Å². The molecule has 4 rings (SSSR count). The van der Waals surface area contributed by atoms with Crippen molar-refractivity contribution in [3.05, 3.63) is 52.9 Å². The summed E-state index contributed by atoms with van der Waals surface area (Å²) in [4.78, 5) is 27.9. The van der Waals surface area contributed by atoms with Gasteiger partial charge in [-0.05, 0) is 61.9 Å². The second-order valence-corrected chi connectivity index (χ2v) is 10.1. The van der Waals surface area contributed by atoms with Crippen molar-refractivity contribution < 1.29 is 22.4 Å². The summed E-state index contributed by atoms with van der Waals surface area (Å²) in [5.41, 5.74) is 2.57. The topological polar surface area (TPSA) is 118 Å². The average molecular weight is 458 g/mol. The molecule has 0 atom stereocenters. The number of pyridine rings is 1. The van der Waals surface area contributed by atoms with Gasteiger partial charge >= 0.3 is 0 Å². The van der Waals surface area contributed by atoms with Crippen LogP contribution in [0.15, 0.2) is 50.9 Å². The summed E-state index contributed by atoms with van der Waals surface area (Å²) < 4.78 is 33.6. The van der Waals surface area contributed by atoms with E-state index in [4.69, 9.17) is 4.42 Å². The van der Waals surface area contributed by atoms with Crippen LogP contribution in [0.4, 0.5) is 4.79 Å². The third-order valence-electron chi connectivity index (χ3n) is 4.52. The van der Waals surface area contributed by atoms with Gasteiger partial charge in [0.15, 0.2) is 0 Å². The molecule has 10 heteroatoms. The Labute approximate surface area is 183 Å². The second-order valence-electron chi connectivity index (χ2n) is 7.36. The molecule has 0 bridgehead atoms. The van der Waals surface area contributed by atoms with Crippen LogP contribution < -0.4 is 10.0 Å². The van der Waals surface area contributed by atoms with Gasteiger partial charge < -0.3 is 4.42 Å². The highest BCUT2D eigenvalue weighted by Gasteiger charge is 2.26. The number of nitrogens with one attached hydrogen (secondary N) is 2. The molecule has 0 aliphatic carbocycles. The molecule has 31 heavy (non-hydrogen) atoms. The number of sulfonamides is 1. The van der Waals surface area contributed by atoms with Gasteiger partial charge in [-0.25, -0.2) is 13.1 Å². The summed E-state index contributed by atoms with van der Waals surface area (Å²) in [6.07, 6.45) is 4.78. The molecular weight excluding hydrogens is 438 g/mol. The molecule has 1 saturated heterocycles. The van der Waals surface area contributed by atoms with E-state index >= 15 is 0 Å². The van der Waals surface area contributed by atoms with E-state index in [1.165, 1.54) is 6.08 Å². The van der Waals surface area contributed by atoms with Crippen LogP contribution in [-0.2, 0) is 14.8 Å². The minimum absolute atomic E-state index is 0.212. The SMILES string of the molecule is Cc1cc(-c2cncc3cc(/C=C4\SC(=O)NC4=O)oc23)ccc1S(=O)(=O)NC(C)C. The molecular formula is C21H19N3O5S2. The van der Waals surface area contributed by atoms with E-state index < -0.39 is 21.2 Å². The zero-order chi connectivity index (χ0) is 22.3. The van der Waals surface area contributed by atoms with Crippen molar-refractivity contribution in [2.24, 2.45) is 0 Å². The lowest BCUT2D eigenvalue weighted by atomic mass is 10.0. The first-order valence-electron chi connectivity index (χ1n) is 9.40. The number of hydrogen-bond acceptors (Lipinski definition) is 7. The van der Waals surface area contributed by atoms with E-state index in [0.29, 0.717) is 22.5 Å². The minimum Gasteiger partial charge on any atom is -0.456 e. The van der Waals surface area contributed by atoms with Crippen molar-refractivity contribution in [3.8, 4) is 11.1 Å². The van der Waals surface area contributed by atoms with Gasteiger partial charge in [-0.3, -0.25) is 19.9 Å². The molecule has 3 aromatic rings. The van der Waals surface area contributed by atoms with E-state index in [2.05, 4.69) is 15.0 Å². The maximum Gasteiger partial charge on any atom is 0.290 e. The van der Waals surface area contributed by atoms with Gasteiger partial charge in [-0.1, -0.05) is 6.07 Å². The molecule has 3 heterocycles. The average Bonchev–Trinajstić information content (AvgIpc) is 3.22. The summed E-state index contributed by atoms with van der Waals surface area (Å²) in [5.74, 6) is -0.0510. The maximum absolute atomic E-state index is 12.5. The molecule has 1 fully saturated rings. The van der Waals surface area contributed by atoms with Gasteiger partial charge in [-0.15, -0.1) is 0 Å². The number of carbonyl (C=O) groups excluding carboxylic acids is 2. The molecule has 8 nitrogen and oxygen atoms in total. The van der Waals surface area contributed by atoms with E-state index in [-0.39, 0.29) is 15.8 Å². The smallest absolute Gasteiger partial charge is 0.290 e. The van der Waals surface area contributed by atoms with Crippen molar-refractivity contribution in [1.29, 1.82) is 0 Å². The maximum atomic E-state index is 12.5. The van der Waals surface area contributed by atoms with Crippen molar-refractivity contribution in [3.63, 3.8) is 0 Å². The van der Waals surface area contributed by atoms with Crippen LogP contribution in [0.1, 0.15) is 25.2 Å². The Morgan fingerprint density at radius 2 is 1.97 bits per heavy atom. The van der Waals surface area contributed by atoms with E-state index in [1.54, 1.807) is 57.4 Å². The van der Waals surface area contributed by atoms with Crippen molar-refractivity contribution >= 4 is 50.0 Å². The zero-order valence-corrected chi connectivity index (χ0v) is 18.6. The number of nitrogens with zero attached hydrogens (tertiary/aromatic N) is 1. The molecule has 1 aromatic carbocycles. The lowest BCUT2D eigenvalue weighted by Gasteiger charge is -2.13. The highest BCUT2D eigenvalue weighted by Crippen LogP contribution is 2.34. The van der Waals surface area contributed by atoms with Crippen LogP contribution in [0.3, 0.4) is 0 Å². The largest absolute Gasteiger partial charge is 0.456 e. The van der Waals surface area contributed by atoms with Crippen LogP contribution >= 0.6 is 11.8 Å². The Hall–Kier alpha value is -2.95. The van der Waals surface area contributed by atoms with Crippen LogP contribution in [0.2, 0.25) is 0 Å². The molecule has 0 saturated carbocycles. The number of benzene rings is 1. The molecule has 2 aromatic heterocycles. The lowest BCUT2D eigenvalue weighted by Crippen LogP contribution is -2.30. The Balaban J connectivity index is 1.74. The van der Waals surface area contributed by atoms with Crippen LogP contribution in [-0.4, -0.2) is 30.6 Å². The summed E-state index contributed by atoms with van der Waals surface area (Å²) in [7, 11) is -3.62. The monoisotopic (exact) mass is 457 g/mol. The highest BCUT2D eigenvalue weighted by molar-refractivity contribution is 8.18. The first-order chi connectivity index (χ1) is 14.6. The minimum atomic E-state index is -3.62. The normalized spacial score (nSPS) is 15.9. The Morgan fingerprint density at radius 1 is 1.19 bits per heavy atom. The quantitative estimate of drug-likeness (QED) is 0.559. The standard InChI is InChI=1S/C21H19N3O5S2/c1-11(2)24-31(27,28)18-5-4-13(6-12(18)3)16-10-22-9-14-7-15(29-19(14)16)8-17-20(25)23-21(26)30-17/h4-11,24H,1-3H3,(H,23,25,26)/b17-8-. The number of rotatable bonds is 5. The Kier molecular flexibility index (Phi) is 5.46. The Morgan fingerprint density at radius 3 is 2.61 bits per heavy atom. The number of carbonyl (C=O) groups is 2. The molecule has 2 amide bonds. The van der Waals surface area contributed by atoms with Crippen molar-refractivity contribution in [2.45, 2.75) is 31.7 Å². The van der Waals surface area contributed by atoms with Gasteiger partial charge in [0, 0.05) is 35.5 Å². The predicted molar refractivity (Wildman–Crippen MR) is 119 cm³/mol. The first kappa shape index (κ1) is 21.3. The van der Waals surface area contributed by atoms with Crippen LogP contribution in [0, 0.1) is 6.92 Å². The van der Waals surface area contributed by atoms with Gasteiger partial charge in [0.1, 0.15) is 11.3 Å². The third-order valence-corrected chi connectivity index (χ3v) is 7.15. The van der Waals surface area contributed by atoms with Crippen LogP contribution in [0.25, 0.3) is 28.2 Å². The lowest BCUT2D eigenvalue weighted by molar-refractivity contribution is -0.115. The van der Waals surface area contributed by atoms with Gasteiger partial charge in [-0.2, -0.15) is 0 Å². The number of thioether (sulfide) groups is 1. The molecule has 0 unspecified atom stereocenters. The third kappa shape index (κ3) is 4.27. The van der Waals surface area contributed by atoms with Crippen molar-refractivity contribution in [1.82, 2.24) is 15.0 Å². The summed E-state index contributed by atoms with van der Waals surface area (Å²) in [6, 6.07) is 6.55. The number of fused-ring (bicyclic) bond motifs is 1. The summed E-state index contributed by atoms with van der Waals surface area (Å²) >= 11 is 0.812. The number of aryl methyl sites for hydroxylation is 1. The fraction of sp³-hybridized carbons (Fsp3) is 0.190. The van der Waals surface area contributed by atoms with Gasteiger partial charge in [0.05, 0.1) is 9.80 Å². The molecule has 0 radical (unpaired) electrons. The predicted octanol–water partition coefficient (Wildman–Crippen LogP) is 3.81.